The van der Waals surface area contributed by atoms with Gasteiger partial charge < -0.3 is 19.1 Å². The quantitative estimate of drug-likeness (QED) is 0.331. The van der Waals surface area contributed by atoms with Crippen LogP contribution in [0.1, 0.15) is 18.2 Å². The van der Waals surface area contributed by atoms with Crippen molar-refractivity contribution < 1.29 is 19.4 Å². The van der Waals surface area contributed by atoms with Crippen LogP contribution in [0.4, 0.5) is 0 Å². The molecule has 1 N–H and O–H groups in total. The van der Waals surface area contributed by atoms with Crippen molar-refractivity contribution in [2.45, 2.75) is 37.8 Å². The van der Waals surface area contributed by atoms with E-state index >= 15 is 0 Å². The number of aryl methyl sites for hydroxylation is 1. The monoisotopic (exact) mass is 463 g/mol. The topological polar surface area (TPSA) is 60.7 Å². The van der Waals surface area contributed by atoms with Gasteiger partial charge in [0.1, 0.15) is 12.4 Å². The fraction of sp³-hybridized carbons (Fsp3) is 0.320. The second kappa shape index (κ2) is 13.1. The Morgan fingerprint density at radius 3 is 2.34 bits per heavy atom. The van der Waals surface area contributed by atoms with E-state index in [9.17, 15) is 9.90 Å². The van der Waals surface area contributed by atoms with Gasteiger partial charge in [-0.1, -0.05) is 24.3 Å². The number of benzene rings is 2. The van der Waals surface area contributed by atoms with E-state index in [-0.39, 0.29) is 29.6 Å². The number of aliphatic carboxylic acids is 1. The van der Waals surface area contributed by atoms with Gasteiger partial charge in [-0.05, 0) is 67.6 Å². The summed E-state index contributed by atoms with van der Waals surface area (Å²) in [5.74, 6) is -0.175. The summed E-state index contributed by atoms with van der Waals surface area (Å²) >= 11 is 1.74. The number of carbonyl (C=O) groups is 1. The summed E-state index contributed by atoms with van der Waals surface area (Å²) in [5, 5.41) is 9.23. The van der Waals surface area contributed by atoms with Crippen molar-refractivity contribution in [3.8, 4) is 17.0 Å². The second-order valence-corrected chi connectivity index (χ2v) is 8.10. The molecule has 7 heteroatoms. The van der Waals surface area contributed by atoms with Gasteiger partial charge in [0, 0.05) is 29.3 Å². The van der Waals surface area contributed by atoms with Crippen LogP contribution < -0.4 is 4.74 Å². The van der Waals surface area contributed by atoms with E-state index in [1.165, 1.54) is 21.8 Å². The van der Waals surface area contributed by atoms with E-state index in [2.05, 4.69) is 54.1 Å². The summed E-state index contributed by atoms with van der Waals surface area (Å²) in [6, 6.07) is 20.4. The first-order valence-electron chi connectivity index (χ1n) is 10.4. The second-order valence-electron chi connectivity index (χ2n) is 7.22. The summed E-state index contributed by atoms with van der Waals surface area (Å²) in [5.41, 5.74) is 4.47. The molecule has 2 aromatic carbocycles. The molecule has 0 fully saturated rings. The number of carboxylic acids is 1. The molecule has 0 saturated heterocycles. The van der Waals surface area contributed by atoms with Gasteiger partial charge in [-0.25, -0.2) is 4.79 Å². The third-order valence-electron chi connectivity index (χ3n) is 5.16. The van der Waals surface area contributed by atoms with E-state index in [1.54, 1.807) is 18.7 Å². The number of thioether (sulfide) groups is 1. The molecule has 0 bridgehead atoms. The van der Waals surface area contributed by atoms with Gasteiger partial charge in [-0.15, -0.1) is 11.8 Å². The molecule has 0 aliphatic heterocycles. The number of hydrogen-bond acceptors (Lipinski definition) is 4. The Balaban J connectivity index is 0.00000363. The van der Waals surface area contributed by atoms with Crippen LogP contribution in [0.3, 0.4) is 0 Å². The standard InChI is InChI=1S/C25H29NO4S.Na.H/c1-4-29-24(25(27)28)17-19-6-10-21(11-7-19)30-16-15-26-18(2)5-14-23(26)20-8-12-22(31-3)13-9-20;;/h5-14,24H,4,15-17H2,1-3H3,(H,27,28);;/t24-;;/m0../s1. The van der Waals surface area contributed by atoms with Crippen molar-refractivity contribution in [1.29, 1.82) is 0 Å². The number of aromatic nitrogens is 1. The van der Waals surface area contributed by atoms with Crippen molar-refractivity contribution in [2.24, 2.45) is 0 Å². The molecule has 1 heterocycles. The van der Waals surface area contributed by atoms with Crippen LogP contribution >= 0.6 is 11.8 Å². The van der Waals surface area contributed by atoms with Crippen molar-refractivity contribution >= 4 is 47.3 Å². The summed E-state index contributed by atoms with van der Waals surface area (Å²) in [4.78, 5) is 12.5. The molecule has 0 spiro atoms. The first-order chi connectivity index (χ1) is 15.0. The Labute approximate surface area is 216 Å². The molecule has 0 radical (unpaired) electrons. The zero-order valence-electron chi connectivity index (χ0n) is 18.2. The van der Waals surface area contributed by atoms with Gasteiger partial charge >= 0.3 is 35.5 Å². The Hall–Kier alpha value is -1.70. The summed E-state index contributed by atoms with van der Waals surface area (Å²) in [6.07, 6.45) is 1.59. The maximum atomic E-state index is 11.3. The molecule has 5 nitrogen and oxygen atoms in total. The Morgan fingerprint density at radius 1 is 1.06 bits per heavy atom. The van der Waals surface area contributed by atoms with E-state index < -0.39 is 12.1 Å². The fourth-order valence-electron chi connectivity index (χ4n) is 3.49. The molecule has 3 rings (SSSR count). The molecular weight excluding hydrogens is 433 g/mol. The number of ether oxygens (including phenoxy) is 2. The maximum absolute atomic E-state index is 11.3. The van der Waals surface area contributed by atoms with Crippen LogP contribution in [-0.4, -0.2) is 70.8 Å². The normalized spacial score (nSPS) is 11.6. The van der Waals surface area contributed by atoms with Crippen LogP contribution in [-0.2, 0) is 22.5 Å². The van der Waals surface area contributed by atoms with E-state index in [0.29, 0.717) is 19.6 Å². The Kier molecular flexibility index (Phi) is 10.9. The van der Waals surface area contributed by atoms with Crippen LogP contribution in [0.5, 0.6) is 5.75 Å². The zero-order valence-corrected chi connectivity index (χ0v) is 19.0. The van der Waals surface area contributed by atoms with Crippen LogP contribution in [0.2, 0.25) is 0 Å². The minimum absolute atomic E-state index is 0. The van der Waals surface area contributed by atoms with E-state index in [1.807, 2.05) is 24.3 Å². The summed E-state index contributed by atoms with van der Waals surface area (Å²) in [7, 11) is 0. The van der Waals surface area contributed by atoms with Gasteiger partial charge in [0.05, 0.1) is 6.54 Å². The molecule has 1 atom stereocenters. The first kappa shape index (κ1) is 26.6. The fourth-order valence-corrected chi connectivity index (χ4v) is 3.90. The van der Waals surface area contributed by atoms with Gasteiger partial charge in [0.25, 0.3) is 0 Å². The summed E-state index contributed by atoms with van der Waals surface area (Å²) in [6.45, 7) is 5.56. The molecule has 1 aromatic heterocycles. The van der Waals surface area contributed by atoms with Gasteiger partial charge in [0.15, 0.2) is 6.10 Å². The van der Waals surface area contributed by atoms with Crippen molar-refractivity contribution in [1.82, 2.24) is 4.57 Å². The van der Waals surface area contributed by atoms with Crippen LogP contribution in [0, 0.1) is 6.92 Å². The number of hydrogen-bond donors (Lipinski definition) is 1. The molecule has 0 aliphatic rings. The number of carboxylic acid groups (broad SMARTS) is 1. The number of nitrogens with zero attached hydrogens (tertiary/aromatic N) is 1. The molecule has 3 aromatic rings. The van der Waals surface area contributed by atoms with Crippen molar-refractivity contribution in [3.05, 3.63) is 71.9 Å². The van der Waals surface area contributed by atoms with Crippen molar-refractivity contribution in [3.63, 3.8) is 0 Å². The van der Waals surface area contributed by atoms with E-state index in [0.717, 1.165) is 17.9 Å². The van der Waals surface area contributed by atoms with Crippen LogP contribution in [0.25, 0.3) is 11.3 Å². The van der Waals surface area contributed by atoms with Gasteiger partial charge in [0.2, 0.25) is 0 Å². The van der Waals surface area contributed by atoms with Gasteiger partial charge in [-0.3, -0.25) is 0 Å². The average Bonchev–Trinajstić information content (AvgIpc) is 3.15. The third kappa shape index (κ3) is 7.15. The zero-order chi connectivity index (χ0) is 22.2. The predicted molar refractivity (Wildman–Crippen MR) is 132 cm³/mol. The Bertz CT molecular complexity index is 986. The minimum atomic E-state index is -0.942. The van der Waals surface area contributed by atoms with E-state index in [4.69, 9.17) is 9.47 Å². The number of rotatable bonds is 11. The predicted octanol–water partition coefficient (Wildman–Crippen LogP) is 4.65. The Morgan fingerprint density at radius 2 is 1.75 bits per heavy atom. The third-order valence-corrected chi connectivity index (χ3v) is 5.90. The molecule has 166 valence electrons. The molecule has 0 saturated carbocycles. The summed E-state index contributed by atoms with van der Waals surface area (Å²) < 4.78 is 13.5. The SMILES string of the molecule is CCO[C@@H](Cc1ccc(OCCn2c(C)ccc2-c2ccc(SC)cc2)cc1)C(=O)O.[NaH]. The molecule has 32 heavy (non-hydrogen) atoms. The van der Waals surface area contributed by atoms with Gasteiger partial charge in [-0.2, -0.15) is 0 Å². The van der Waals surface area contributed by atoms with Crippen molar-refractivity contribution in [2.75, 3.05) is 19.5 Å². The molecule has 0 unspecified atom stereocenters. The molecular formula is C25H30NNaO4S. The average molecular weight is 464 g/mol. The first-order valence-corrected chi connectivity index (χ1v) is 11.6. The molecule has 0 aliphatic carbocycles. The van der Waals surface area contributed by atoms with Crippen LogP contribution in [0.15, 0.2) is 65.6 Å². The molecule has 0 amide bonds.